The summed E-state index contributed by atoms with van der Waals surface area (Å²) < 4.78 is 7.00. The summed E-state index contributed by atoms with van der Waals surface area (Å²) in [5, 5.41) is 0. The van der Waals surface area contributed by atoms with Crippen LogP contribution in [-0.4, -0.2) is 32.2 Å². The maximum Gasteiger partial charge on any atom is 0.280 e. The van der Waals surface area contributed by atoms with E-state index >= 15 is 0 Å². The Morgan fingerprint density at radius 1 is 1.61 bits per heavy atom. The SMILES string of the molecule is Nc1nc2nc[nH]c2c(=O)n1CCC1CCCO1. The smallest absolute Gasteiger partial charge is 0.280 e. The maximum atomic E-state index is 12.1. The molecule has 96 valence electrons. The third-order valence-corrected chi connectivity index (χ3v) is 3.27. The van der Waals surface area contributed by atoms with Gasteiger partial charge in [-0.15, -0.1) is 0 Å². The van der Waals surface area contributed by atoms with Crippen LogP contribution in [0.3, 0.4) is 0 Å². The summed E-state index contributed by atoms with van der Waals surface area (Å²) in [7, 11) is 0. The number of ether oxygens (including phenoxy) is 1. The van der Waals surface area contributed by atoms with E-state index in [0.29, 0.717) is 17.7 Å². The Morgan fingerprint density at radius 3 is 3.28 bits per heavy atom. The van der Waals surface area contributed by atoms with Crippen molar-refractivity contribution < 1.29 is 4.74 Å². The number of fused-ring (bicyclic) bond motifs is 1. The molecule has 1 atom stereocenters. The van der Waals surface area contributed by atoms with Gasteiger partial charge >= 0.3 is 0 Å². The molecule has 2 aromatic heterocycles. The average Bonchev–Trinajstić information content (AvgIpc) is 2.98. The predicted molar refractivity (Wildman–Crippen MR) is 66.2 cm³/mol. The van der Waals surface area contributed by atoms with Crippen molar-refractivity contribution in [1.29, 1.82) is 0 Å². The van der Waals surface area contributed by atoms with Gasteiger partial charge in [-0.05, 0) is 19.3 Å². The maximum absolute atomic E-state index is 12.1. The Balaban J connectivity index is 1.88. The predicted octanol–water partition coefficient (Wildman–Crippen LogP) is 0.271. The molecule has 1 saturated heterocycles. The summed E-state index contributed by atoms with van der Waals surface area (Å²) >= 11 is 0. The molecule has 3 N–H and O–H groups in total. The molecule has 0 aromatic carbocycles. The summed E-state index contributed by atoms with van der Waals surface area (Å²) in [4.78, 5) is 23.0. The van der Waals surface area contributed by atoms with Crippen molar-refractivity contribution in [3.05, 3.63) is 16.7 Å². The molecule has 1 aliphatic heterocycles. The first kappa shape index (κ1) is 11.2. The van der Waals surface area contributed by atoms with E-state index < -0.39 is 0 Å². The molecule has 7 nitrogen and oxygen atoms in total. The van der Waals surface area contributed by atoms with Gasteiger partial charge in [-0.2, -0.15) is 4.98 Å². The molecule has 0 bridgehead atoms. The molecule has 3 heterocycles. The fourth-order valence-corrected chi connectivity index (χ4v) is 2.30. The quantitative estimate of drug-likeness (QED) is 0.813. The van der Waals surface area contributed by atoms with Gasteiger partial charge in [-0.1, -0.05) is 0 Å². The zero-order valence-corrected chi connectivity index (χ0v) is 9.93. The van der Waals surface area contributed by atoms with Crippen LogP contribution >= 0.6 is 0 Å². The summed E-state index contributed by atoms with van der Waals surface area (Å²) in [6.07, 6.45) is 4.60. The Hall–Kier alpha value is -1.89. The monoisotopic (exact) mass is 249 g/mol. The third-order valence-electron chi connectivity index (χ3n) is 3.27. The van der Waals surface area contributed by atoms with Crippen molar-refractivity contribution in [2.75, 3.05) is 12.3 Å². The fourth-order valence-electron chi connectivity index (χ4n) is 2.30. The molecule has 0 amide bonds. The number of rotatable bonds is 3. The Labute approximate surface area is 103 Å². The first-order valence-electron chi connectivity index (χ1n) is 6.06. The van der Waals surface area contributed by atoms with Crippen LogP contribution in [-0.2, 0) is 11.3 Å². The van der Waals surface area contributed by atoms with Crippen LogP contribution in [0, 0.1) is 0 Å². The molecule has 0 spiro atoms. The van der Waals surface area contributed by atoms with E-state index in [1.807, 2.05) is 0 Å². The van der Waals surface area contributed by atoms with Gasteiger partial charge < -0.3 is 15.5 Å². The molecule has 3 rings (SSSR count). The lowest BCUT2D eigenvalue weighted by Gasteiger charge is -2.12. The van der Waals surface area contributed by atoms with Crippen LogP contribution in [0.1, 0.15) is 19.3 Å². The molecule has 1 fully saturated rings. The summed E-state index contributed by atoms with van der Waals surface area (Å²) in [6.45, 7) is 1.34. The Morgan fingerprint density at radius 2 is 2.50 bits per heavy atom. The van der Waals surface area contributed by atoms with Crippen molar-refractivity contribution in [2.45, 2.75) is 31.9 Å². The molecular weight excluding hydrogens is 234 g/mol. The Kier molecular flexibility index (Phi) is 2.75. The number of nitrogens with two attached hydrogens (primary N) is 1. The standard InChI is InChI=1S/C11H15N5O2/c12-11-15-9-8(13-6-14-9)10(17)16(11)4-3-7-2-1-5-18-7/h6-7H,1-5H2,(H2,12,15)(H,13,14). The normalized spacial score (nSPS) is 19.7. The number of hydrogen-bond acceptors (Lipinski definition) is 5. The molecule has 1 aliphatic rings. The lowest BCUT2D eigenvalue weighted by atomic mass is 10.2. The van der Waals surface area contributed by atoms with Gasteiger partial charge in [0.25, 0.3) is 5.56 Å². The number of nitrogens with zero attached hydrogens (tertiary/aromatic N) is 3. The second-order valence-corrected chi connectivity index (χ2v) is 4.45. The topological polar surface area (TPSA) is 98.8 Å². The van der Waals surface area contributed by atoms with Gasteiger partial charge in [0.2, 0.25) is 5.95 Å². The van der Waals surface area contributed by atoms with E-state index in [4.69, 9.17) is 10.5 Å². The van der Waals surface area contributed by atoms with Gasteiger partial charge in [0, 0.05) is 13.2 Å². The number of H-pyrrole nitrogens is 1. The van der Waals surface area contributed by atoms with Gasteiger partial charge in [-0.25, -0.2) is 4.98 Å². The average molecular weight is 249 g/mol. The van der Waals surface area contributed by atoms with Crippen LogP contribution in [0.4, 0.5) is 5.95 Å². The second kappa shape index (κ2) is 4.41. The van der Waals surface area contributed by atoms with Crippen LogP contribution in [0.5, 0.6) is 0 Å². The van der Waals surface area contributed by atoms with Gasteiger partial charge in [0.05, 0.1) is 12.4 Å². The van der Waals surface area contributed by atoms with Gasteiger partial charge in [0.15, 0.2) is 11.2 Å². The number of aromatic nitrogens is 4. The highest BCUT2D eigenvalue weighted by molar-refractivity contribution is 5.69. The summed E-state index contributed by atoms with van der Waals surface area (Å²) in [5.74, 6) is 0.206. The van der Waals surface area contributed by atoms with Crippen molar-refractivity contribution in [3.63, 3.8) is 0 Å². The molecule has 7 heteroatoms. The number of imidazole rings is 1. The van der Waals surface area contributed by atoms with Crippen molar-refractivity contribution in [2.24, 2.45) is 0 Å². The number of nitrogen functional groups attached to an aromatic ring is 1. The number of hydrogen-bond donors (Lipinski definition) is 2. The summed E-state index contributed by atoms with van der Waals surface area (Å²) in [6, 6.07) is 0. The third kappa shape index (κ3) is 1.86. The zero-order valence-electron chi connectivity index (χ0n) is 9.93. The molecule has 0 aliphatic carbocycles. The van der Waals surface area contributed by atoms with Crippen molar-refractivity contribution >= 4 is 17.1 Å². The van der Waals surface area contributed by atoms with Crippen LogP contribution in [0.25, 0.3) is 11.2 Å². The first-order chi connectivity index (χ1) is 8.75. The fraction of sp³-hybridized carbons (Fsp3) is 0.545. The minimum absolute atomic E-state index is 0.173. The van der Waals surface area contributed by atoms with E-state index in [1.54, 1.807) is 0 Å². The van der Waals surface area contributed by atoms with Gasteiger partial charge in [-0.3, -0.25) is 9.36 Å². The molecule has 2 aromatic rings. The highest BCUT2D eigenvalue weighted by Crippen LogP contribution is 2.16. The number of nitrogens with one attached hydrogen (secondary N) is 1. The van der Waals surface area contributed by atoms with E-state index in [0.717, 1.165) is 25.9 Å². The largest absolute Gasteiger partial charge is 0.378 e. The second-order valence-electron chi connectivity index (χ2n) is 4.45. The zero-order chi connectivity index (χ0) is 12.5. The highest BCUT2D eigenvalue weighted by Gasteiger charge is 2.17. The van der Waals surface area contributed by atoms with Crippen molar-refractivity contribution in [1.82, 2.24) is 19.5 Å². The van der Waals surface area contributed by atoms with Crippen molar-refractivity contribution in [3.8, 4) is 0 Å². The minimum Gasteiger partial charge on any atom is -0.378 e. The molecule has 1 unspecified atom stereocenters. The lowest BCUT2D eigenvalue weighted by Crippen LogP contribution is -2.26. The molecule has 18 heavy (non-hydrogen) atoms. The molecule has 0 saturated carbocycles. The van der Waals surface area contributed by atoms with E-state index in [9.17, 15) is 4.79 Å². The molecule has 0 radical (unpaired) electrons. The number of aromatic amines is 1. The van der Waals surface area contributed by atoms with Crippen LogP contribution in [0.2, 0.25) is 0 Å². The molecular formula is C11H15N5O2. The van der Waals surface area contributed by atoms with Crippen LogP contribution in [0.15, 0.2) is 11.1 Å². The van der Waals surface area contributed by atoms with E-state index in [1.165, 1.54) is 10.9 Å². The van der Waals surface area contributed by atoms with Crippen LogP contribution < -0.4 is 11.3 Å². The summed E-state index contributed by atoms with van der Waals surface area (Å²) in [5.41, 5.74) is 6.38. The first-order valence-corrected chi connectivity index (χ1v) is 6.06. The van der Waals surface area contributed by atoms with E-state index in [2.05, 4.69) is 15.0 Å². The van der Waals surface area contributed by atoms with E-state index in [-0.39, 0.29) is 17.6 Å². The Bertz CT molecular complexity index is 611. The minimum atomic E-state index is -0.173. The van der Waals surface area contributed by atoms with Gasteiger partial charge in [0.1, 0.15) is 0 Å². The highest BCUT2D eigenvalue weighted by atomic mass is 16.5. The number of anilines is 1. The lowest BCUT2D eigenvalue weighted by molar-refractivity contribution is 0.100.